The van der Waals surface area contributed by atoms with E-state index in [1.165, 1.54) is 25.7 Å². The number of fused-ring (bicyclic) bond motifs is 2. The average molecular weight is 233 g/mol. The van der Waals surface area contributed by atoms with Gasteiger partial charge in [0.1, 0.15) is 5.69 Å². The van der Waals surface area contributed by atoms with Crippen LogP contribution in [0.3, 0.4) is 0 Å². The number of piperidine rings is 1. The maximum atomic E-state index is 12.1. The van der Waals surface area contributed by atoms with E-state index in [0.29, 0.717) is 24.4 Å². The lowest BCUT2D eigenvalue weighted by Gasteiger charge is -2.28. The molecule has 0 aromatic carbocycles. The van der Waals surface area contributed by atoms with Gasteiger partial charge in [-0.1, -0.05) is 0 Å². The van der Waals surface area contributed by atoms with Crippen LogP contribution in [0.25, 0.3) is 0 Å². The zero-order chi connectivity index (χ0) is 11.8. The van der Waals surface area contributed by atoms with Crippen LogP contribution in [-0.4, -0.2) is 27.6 Å². The minimum absolute atomic E-state index is 0.247. The number of aryl methyl sites for hydroxylation is 1. The minimum atomic E-state index is 0.247. The van der Waals surface area contributed by atoms with Crippen molar-refractivity contribution < 1.29 is 4.79 Å². The molecule has 2 aliphatic rings. The molecule has 0 radical (unpaired) electrons. The number of ketones is 1. The first kappa shape index (κ1) is 11.0. The number of hydrogen-bond acceptors (Lipinski definition) is 3. The number of rotatable bonds is 3. The molecule has 0 spiro atoms. The zero-order valence-electron chi connectivity index (χ0n) is 10.2. The van der Waals surface area contributed by atoms with E-state index in [1.54, 1.807) is 10.9 Å². The van der Waals surface area contributed by atoms with Crippen LogP contribution in [0.4, 0.5) is 0 Å². The van der Waals surface area contributed by atoms with Crippen LogP contribution in [0.5, 0.6) is 0 Å². The van der Waals surface area contributed by atoms with Gasteiger partial charge in [-0.3, -0.25) is 9.48 Å². The smallest absolute Gasteiger partial charge is 0.181 e. The Morgan fingerprint density at radius 2 is 2.18 bits per heavy atom. The van der Waals surface area contributed by atoms with Crippen LogP contribution in [0.2, 0.25) is 0 Å². The Balaban J connectivity index is 1.64. The second-order valence-corrected chi connectivity index (χ2v) is 5.44. The monoisotopic (exact) mass is 233 g/mol. The van der Waals surface area contributed by atoms with Crippen molar-refractivity contribution in [1.29, 1.82) is 0 Å². The van der Waals surface area contributed by atoms with Crippen LogP contribution >= 0.6 is 0 Å². The summed E-state index contributed by atoms with van der Waals surface area (Å²) in [5.41, 5.74) is 0.746. The summed E-state index contributed by atoms with van der Waals surface area (Å²) >= 11 is 0. The topological polar surface area (TPSA) is 46.9 Å². The van der Waals surface area contributed by atoms with E-state index in [2.05, 4.69) is 10.4 Å². The second-order valence-electron chi connectivity index (χ2n) is 5.44. The molecule has 2 fully saturated rings. The summed E-state index contributed by atoms with van der Waals surface area (Å²) in [6.07, 6.45) is 7.30. The number of Topliss-reactive ketones (excluding diaryl/α,β-unsaturated/α-hetero) is 1. The first-order valence-electron chi connectivity index (χ1n) is 6.49. The molecule has 2 aliphatic heterocycles. The highest BCUT2D eigenvalue weighted by atomic mass is 16.1. The van der Waals surface area contributed by atoms with Gasteiger partial charge in [-0.15, -0.1) is 0 Å². The van der Waals surface area contributed by atoms with E-state index in [0.717, 1.165) is 5.69 Å². The maximum absolute atomic E-state index is 12.1. The molecular weight excluding hydrogens is 214 g/mol. The molecule has 4 heteroatoms. The molecule has 1 N–H and O–H groups in total. The third kappa shape index (κ3) is 2.14. The molecule has 0 saturated carbocycles. The molecule has 1 aromatic heterocycles. The van der Waals surface area contributed by atoms with Gasteiger partial charge in [0.25, 0.3) is 0 Å². The van der Waals surface area contributed by atoms with E-state index in [9.17, 15) is 4.79 Å². The van der Waals surface area contributed by atoms with Crippen molar-refractivity contribution >= 4 is 5.78 Å². The molecule has 1 aromatic rings. The quantitative estimate of drug-likeness (QED) is 0.805. The Bertz CT molecular complexity index is 414. The van der Waals surface area contributed by atoms with E-state index in [4.69, 9.17) is 0 Å². The third-order valence-electron chi connectivity index (χ3n) is 4.15. The molecule has 17 heavy (non-hydrogen) atoms. The predicted octanol–water partition coefficient (Wildman–Crippen LogP) is 1.52. The van der Waals surface area contributed by atoms with Crippen LogP contribution in [0, 0.1) is 5.92 Å². The van der Waals surface area contributed by atoms with Gasteiger partial charge in [0.15, 0.2) is 5.78 Å². The number of nitrogens with one attached hydrogen (secondary N) is 1. The van der Waals surface area contributed by atoms with Crippen molar-refractivity contribution in [2.24, 2.45) is 13.0 Å². The summed E-state index contributed by atoms with van der Waals surface area (Å²) in [4.78, 5) is 12.1. The van der Waals surface area contributed by atoms with Gasteiger partial charge in [0, 0.05) is 31.7 Å². The standard InChI is InChI=1S/C13H19N3O/c1-16-12(4-5-14-16)13(17)8-9-6-10-2-3-11(7-9)15-10/h4-5,9-11,15H,2-3,6-8H2,1H3. The van der Waals surface area contributed by atoms with Crippen molar-refractivity contribution in [3.8, 4) is 0 Å². The Morgan fingerprint density at radius 3 is 2.76 bits per heavy atom. The summed E-state index contributed by atoms with van der Waals surface area (Å²) in [7, 11) is 1.83. The number of hydrogen-bond donors (Lipinski definition) is 1. The molecule has 2 saturated heterocycles. The fraction of sp³-hybridized carbons (Fsp3) is 0.692. The van der Waals surface area contributed by atoms with Crippen molar-refractivity contribution in [3.05, 3.63) is 18.0 Å². The Hall–Kier alpha value is -1.16. The van der Waals surface area contributed by atoms with Crippen molar-refractivity contribution in [2.45, 2.75) is 44.2 Å². The molecular formula is C13H19N3O. The first-order chi connectivity index (χ1) is 8.22. The lowest BCUT2D eigenvalue weighted by Crippen LogP contribution is -2.38. The van der Waals surface area contributed by atoms with Crippen molar-refractivity contribution in [3.63, 3.8) is 0 Å². The number of carbonyl (C=O) groups excluding carboxylic acids is 1. The summed E-state index contributed by atoms with van der Waals surface area (Å²) in [6, 6.07) is 3.15. The highest BCUT2D eigenvalue weighted by molar-refractivity contribution is 5.94. The third-order valence-corrected chi connectivity index (χ3v) is 4.15. The van der Waals surface area contributed by atoms with Gasteiger partial charge >= 0.3 is 0 Å². The van der Waals surface area contributed by atoms with E-state index in [1.807, 2.05) is 13.1 Å². The zero-order valence-corrected chi connectivity index (χ0v) is 10.2. The highest BCUT2D eigenvalue weighted by Gasteiger charge is 2.34. The fourth-order valence-electron chi connectivity index (χ4n) is 3.36. The number of nitrogens with zero attached hydrogens (tertiary/aromatic N) is 2. The van der Waals surface area contributed by atoms with Gasteiger partial charge < -0.3 is 5.32 Å². The fourth-order valence-corrected chi connectivity index (χ4v) is 3.36. The molecule has 2 bridgehead atoms. The minimum Gasteiger partial charge on any atom is -0.311 e. The van der Waals surface area contributed by atoms with Crippen LogP contribution < -0.4 is 5.32 Å². The Labute approximate surface area is 101 Å². The van der Waals surface area contributed by atoms with Gasteiger partial charge in [0.05, 0.1) is 0 Å². The summed E-state index contributed by atoms with van der Waals surface area (Å²) in [5, 5.41) is 7.67. The number of aromatic nitrogens is 2. The first-order valence-corrected chi connectivity index (χ1v) is 6.49. The second kappa shape index (κ2) is 4.26. The van der Waals surface area contributed by atoms with E-state index in [-0.39, 0.29) is 5.78 Å². The predicted molar refractivity (Wildman–Crippen MR) is 64.8 cm³/mol. The lowest BCUT2D eigenvalue weighted by molar-refractivity contribution is 0.0936. The lowest BCUT2D eigenvalue weighted by atomic mass is 9.88. The van der Waals surface area contributed by atoms with Gasteiger partial charge in [-0.25, -0.2) is 0 Å². The van der Waals surface area contributed by atoms with Crippen molar-refractivity contribution in [1.82, 2.24) is 15.1 Å². The normalized spacial score (nSPS) is 31.7. The summed E-state index contributed by atoms with van der Waals surface area (Å²) in [6.45, 7) is 0. The van der Waals surface area contributed by atoms with Crippen LogP contribution in [0.1, 0.15) is 42.6 Å². The molecule has 4 nitrogen and oxygen atoms in total. The van der Waals surface area contributed by atoms with Crippen molar-refractivity contribution in [2.75, 3.05) is 0 Å². The molecule has 0 aliphatic carbocycles. The van der Waals surface area contributed by atoms with E-state index < -0.39 is 0 Å². The highest BCUT2D eigenvalue weighted by Crippen LogP contribution is 2.33. The summed E-state index contributed by atoms with van der Waals surface area (Å²) in [5.74, 6) is 0.812. The molecule has 3 heterocycles. The number of carbonyl (C=O) groups is 1. The Kier molecular flexibility index (Phi) is 2.74. The largest absolute Gasteiger partial charge is 0.311 e. The average Bonchev–Trinajstić information content (AvgIpc) is 2.85. The molecule has 3 rings (SSSR count). The maximum Gasteiger partial charge on any atom is 0.181 e. The molecule has 2 unspecified atom stereocenters. The SMILES string of the molecule is Cn1nccc1C(=O)CC1CC2CCC(C1)N2. The Morgan fingerprint density at radius 1 is 1.47 bits per heavy atom. The van der Waals surface area contributed by atoms with Crippen LogP contribution in [-0.2, 0) is 7.05 Å². The van der Waals surface area contributed by atoms with E-state index >= 15 is 0 Å². The van der Waals surface area contributed by atoms with Gasteiger partial charge in [-0.05, 0) is 37.7 Å². The van der Waals surface area contributed by atoms with Crippen LogP contribution in [0.15, 0.2) is 12.3 Å². The summed E-state index contributed by atoms with van der Waals surface area (Å²) < 4.78 is 1.68. The molecule has 2 atom stereocenters. The molecule has 0 amide bonds. The van der Waals surface area contributed by atoms with Gasteiger partial charge in [0.2, 0.25) is 0 Å². The molecule has 92 valence electrons. The van der Waals surface area contributed by atoms with Gasteiger partial charge in [-0.2, -0.15) is 5.10 Å².